The molecule has 4 nitrogen and oxygen atoms in total. The van der Waals surface area contributed by atoms with Crippen LogP contribution in [0.25, 0.3) is 0 Å². The van der Waals surface area contributed by atoms with Crippen LogP contribution < -0.4 is 0 Å². The summed E-state index contributed by atoms with van der Waals surface area (Å²) in [5, 5.41) is 0. The first-order chi connectivity index (χ1) is 13.1. The van der Waals surface area contributed by atoms with Crippen LogP contribution in [-0.4, -0.2) is 36.0 Å². The highest BCUT2D eigenvalue weighted by Gasteiger charge is 2.33. The predicted molar refractivity (Wildman–Crippen MR) is 104 cm³/mol. The van der Waals surface area contributed by atoms with E-state index in [1.54, 1.807) is 11.8 Å². The Morgan fingerprint density at radius 1 is 1.11 bits per heavy atom. The van der Waals surface area contributed by atoms with Crippen molar-refractivity contribution in [2.75, 3.05) is 13.2 Å². The van der Waals surface area contributed by atoms with E-state index in [9.17, 15) is 9.59 Å². The molecule has 27 heavy (non-hydrogen) atoms. The second-order valence-electron chi connectivity index (χ2n) is 6.41. The largest absolute Gasteiger partial charge is 0.464 e. The molecule has 1 aliphatic heterocycles. The van der Waals surface area contributed by atoms with Gasteiger partial charge in [0.1, 0.15) is 6.04 Å². The molecule has 1 amide bonds. The van der Waals surface area contributed by atoms with Gasteiger partial charge in [-0.1, -0.05) is 37.0 Å². The van der Waals surface area contributed by atoms with E-state index < -0.39 is 6.04 Å². The molecule has 0 spiro atoms. The number of ether oxygens (including phenoxy) is 1. The third kappa shape index (κ3) is 4.20. The fourth-order valence-electron chi connectivity index (χ4n) is 3.30. The lowest BCUT2D eigenvalue weighted by molar-refractivity contribution is -0.148. The number of carbonyl (C=O) groups is 2. The van der Waals surface area contributed by atoms with Crippen LogP contribution in [0, 0.1) is 11.8 Å². The Labute approximate surface area is 160 Å². The van der Waals surface area contributed by atoms with E-state index >= 15 is 0 Å². The van der Waals surface area contributed by atoms with Gasteiger partial charge in [0.2, 0.25) is 0 Å². The molecule has 0 fully saturated rings. The summed E-state index contributed by atoms with van der Waals surface area (Å²) in [7, 11) is 0. The lowest BCUT2D eigenvalue weighted by Crippen LogP contribution is -2.48. The van der Waals surface area contributed by atoms with Gasteiger partial charge >= 0.3 is 5.97 Å². The van der Waals surface area contributed by atoms with Gasteiger partial charge in [-0.3, -0.25) is 4.79 Å². The van der Waals surface area contributed by atoms with Gasteiger partial charge in [-0.05, 0) is 55.7 Å². The Kier molecular flexibility index (Phi) is 5.93. The van der Waals surface area contributed by atoms with Gasteiger partial charge in [0, 0.05) is 23.2 Å². The van der Waals surface area contributed by atoms with Crippen molar-refractivity contribution in [2.45, 2.75) is 32.7 Å². The number of hydrogen-bond donors (Lipinski definition) is 0. The smallest absolute Gasteiger partial charge is 0.328 e. The summed E-state index contributed by atoms with van der Waals surface area (Å²) in [5.74, 6) is 5.85. The standard InChI is InChI=1S/C23H23NO3/c1-3-21(23(26)27-4-2)24-15-14-19-16-18(12-13-20(19)22(24)25)11-10-17-8-6-5-7-9-17/h5-9,12-13,16,21H,3-4,14-15H2,1-2H3. The number of fused-ring (bicyclic) bond motifs is 1. The van der Waals surface area contributed by atoms with Gasteiger partial charge in [-0.15, -0.1) is 0 Å². The summed E-state index contributed by atoms with van der Waals surface area (Å²) in [6.45, 7) is 4.50. The quantitative estimate of drug-likeness (QED) is 0.619. The number of nitrogens with zero attached hydrogens (tertiary/aromatic N) is 1. The summed E-state index contributed by atoms with van der Waals surface area (Å²) in [6, 6.07) is 14.9. The Hall–Kier alpha value is -3.06. The molecule has 0 radical (unpaired) electrons. The van der Waals surface area contributed by atoms with Gasteiger partial charge in [-0.2, -0.15) is 0 Å². The molecule has 0 aromatic heterocycles. The zero-order valence-electron chi connectivity index (χ0n) is 15.7. The normalized spacial score (nSPS) is 14.0. The summed E-state index contributed by atoms with van der Waals surface area (Å²) in [5.41, 5.74) is 3.47. The van der Waals surface area contributed by atoms with Crippen LogP contribution in [0.4, 0.5) is 0 Å². The van der Waals surface area contributed by atoms with E-state index in [1.807, 2.05) is 55.5 Å². The molecule has 0 aliphatic carbocycles. The summed E-state index contributed by atoms with van der Waals surface area (Å²) in [4.78, 5) is 26.7. The van der Waals surface area contributed by atoms with Crippen molar-refractivity contribution < 1.29 is 14.3 Å². The molecule has 2 aromatic carbocycles. The highest BCUT2D eigenvalue weighted by Crippen LogP contribution is 2.23. The van der Waals surface area contributed by atoms with Crippen molar-refractivity contribution in [3.63, 3.8) is 0 Å². The van der Waals surface area contributed by atoms with E-state index in [0.717, 1.165) is 16.7 Å². The number of amides is 1. The molecule has 0 N–H and O–H groups in total. The molecule has 1 aliphatic rings. The average molecular weight is 361 g/mol. The first-order valence-corrected chi connectivity index (χ1v) is 9.31. The van der Waals surface area contributed by atoms with Crippen molar-refractivity contribution in [1.82, 2.24) is 4.90 Å². The number of esters is 1. The van der Waals surface area contributed by atoms with Crippen molar-refractivity contribution in [2.24, 2.45) is 0 Å². The van der Waals surface area contributed by atoms with E-state index in [1.165, 1.54) is 0 Å². The van der Waals surface area contributed by atoms with E-state index in [0.29, 0.717) is 31.6 Å². The van der Waals surface area contributed by atoms with E-state index in [2.05, 4.69) is 11.8 Å². The molecular formula is C23H23NO3. The topological polar surface area (TPSA) is 46.6 Å². The molecular weight excluding hydrogens is 338 g/mol. The number of carbonyl (C=O) groups excluding carboxylic acids is 2. The zero-order chi connectivity index (χ0) is 19.2. The zero-order valence-corrected chi connectivity index (χ0v) is 15.7. The second kappa shape index (κ2) is 8.55. The summed E-state index contributed by atoms with van der Waals surface area (Å²) >= 11 is 0. The third-order valence-electron chi connectivity index (χ3n) is 4.67. The molecule has 0 saturated carbocycles. The van der Waals surface area contributed by atoms with Crippen LogP contribution in [0.5, 0.6) is 0 Å². The van der Waals surface area contributed by atoms with Gasteiger partial charge in [0.15, 0.2) is 0 Å². The molecule has 3 rings (SSSR count). The number of rotatable bonds is 4. The summed E-state index contributed by atoms with van der Waals surface area (Å²) < 4.78 is 5.13. The Morgan fingerprint density at radius 2 is 1.85 bits per heavy atom. The maximum atomic E-state index is 12.9. The molecule has 1 unspecified atom stereocenters. The minimum Gasteiger partial charge on any atom is -0.464 e. The van der Waals surface area contributed by atoms with Gasteiger partial charge in [0.05, 0.1) is 6.61 Å². The molecule has 4 heteroatoms. The van der Waals surface area contributed by atoms with Gasteiger partial charge < -0.3 is 9.64 Å². The predicted octanol–water partition coefficient (Wildman–Crippen LogP) is 3.43. The first-order valence-electron chi connectivity index (χ1n) is 9.31. The third-order valence-corrected chi connectivity index (χ3v) is 4.67. The van der Waals surface area contributed by atoms with Gasteiger partial charge in [-0.25, -0.2) is 4.79 Å². The van der Waals surface area contributed by atoms with Crippen LogP contribution >= 0.6 is 0 Å². The van der Waals surface area contributed by atoms with Crippen LogP contribution in [-0.2, 0) is 16.0 Å². The average Bonchev–Trinajstić information content (AvgIpc) is 2.69. The molecule has 1 heterocycles. The Morgan fingerprint density at radius 3 is 2.56 bits per heavy atom. The minimum absolute atomic E-state index is 0.112. The molecule has 1 atom stereocenters. The summed E-state index contributed by atoms with van der Waals surface area (Å²) in [6.07, 6.45) is 1.25. The van der Waals surface area contributed by atoms with Gasteiger partial charge in [0.25, 0.3) is 5.91 Å². The second-order valence-corrected chi connectivity index (χ2v) is 6.41. The van der Waals surface area contributed by atoms with Crippen molar-refractivity contribution in [3.05, 3.63) is 70.8 Å². The fourth-order valence-corrected chi connectivity index (χ4v) is 3.30. The Balaban J connectivity index is 1.81. The Bertz CT molecular complexity index is 893. The van der Waals surface area contributed by atoms with Crippen LogP contribution in [0.2, 0.25) is 0 Å². The van der Waals surface area contributed by atoms with Crippen molar-refractivity contribution in [3.8, 4) is 11.8 Å². The highest BCUT2D eigenvalue weighted by molar-refractivity contribution is 5.99. The van der Waals surface area contributed by atoms with Crippen molar-refractivity contribution in [1.29, 1.82) is 0 Å². The number of benzene rings is 2. The van der Waals surface area contributed by atoms with Crippen molar-refractivity contribution >= 4 is 11.9 Å². The highest BCUT2D eigenvalue weighted by atomic mass is 16.5. The number of hydrogen-bond acceptors (Lipinski definition) is 3. The van der Waals surface area contributed by atoms with Crippen LogP contribution in [0.3, 0.4) is 0 Å². The molecule has 0 bridgehead atoms. The fraction of sp³-hybridized carbons (Fsp3) is 0.304. The molecule has 2 aromatic rings. The first kappa shape index (κ1) is 18.7. The monoisotopic (exact) mass is 361 g/mol. The SMILES string of the molecule is CCOC(=O)C(CC)N1CCc2cc(C#Cc3ccccc3)ccc2C1=O. The van der Waals surface area contributed by atoms with E-state index in [4.69, 9.17) is 4.74 Å². The maximum absolute atomic E-state index is 12.9. The lowest BCUT2D eigenvalue weighted by Gasteiger charge is -2.33. The van der Waals surface area contributed by atoms with Crippen LogP contribution in [0.15, 0.2) is 48.5 Å². The maximum Gasteiger partial charge on any atom is 0.328 e. The van der Waals surface area contributed by atoms with Crippen LogP contribution in [0.1, 0.15) is 47.3 Å². The van der Waals surface area contributed by atoms with E-state index in [-0.39, 0.29) is 11.9 Å². The lowest BCUT2D eigenvalue weighted by atomic mass is 9.95. The molecule has 0 saturated heterocycles. The molecule has 138 valence electrons. The minimum atomic E-state index is -0.525.